The van der Waals surface area contributed by atoms with E-state index in [4.69, 9.17) is 11.5 Å². The van der Waals surface area contributed by atoms with Crippen LogP contribution in [0.1, 0.15) is 13.8 Å². The molecule has 0 saturated carbocycles. The second-order valence-electron chi connectivity index (χ2n) is 5.73. The van der Waals surface area contributed by atoms with E-state index < -0.39 is 0 Å². The van der Waals surface area contributed by atoms with Crippen molar-refractivity contribution in [2.24, 2.45) is 0 Å². The summed E-state index contributed by atoms with van der Waals surface area (Å²) < 4.78 is 1.47. The summed E-state index contributed by atoms with van der Waals surface area (Å²) in [5.41, 5.74) is 14.1. The fraction of sp³-hybridized carbons (Fsp3) is 0.222. The maximum absolute atomic E-state index is 12.5. The molecule has 142 valence electrons. The average Bonchev–Trinajstić information content (AvgIpc) is 3.21. The molecule has 9 heteroatoms. The standard InChI is InChI=1S/C16H16N6O2S.C2H6/c1-21-10-6-8(2-3-11(10)25-7-12(21)23)22-13(15(18)20-16(22)24)9-4-5-19-14(9)17;1-2/h2-6,19H,7,17-18H2,1H3,(H,20,24);1-2H3. The Kier molecular flexibility index (Phi) is 5.04. The van der Waals surface area contributed by atoms with Crippen LogP contribution in [0.5, 0.6) is 0 Å². The minimum Gasteiger partial charge on any atom is -0.385 e. The van der Waals surface area contributed by atoms with Crippen LogP contribution in [0.15, 0.2) is 40.2 Å². The minimum absolute atomic E-state index is 0.0191. The summed E-state index contributed by atoms with van der Waals surface area (Å²) in [6, 6.07) is 7.30. The van der Waals surface area contributed by atoms with Gasteiger partial charge in [-0.05, 0) is 24.3 Å². The van der Waals surface area contributed by atoms with Crippen molar-refractivity contribution < 1.29 is 4.79 Å². The normalized spacial score (nSPS) is 13.1. The van der Waals surface area contributed by atoms with Gasteiger partial charge in [0.15, 0.2) is 0 Å². The van der Waals surface area contributed by atoms with Crippen LogP contribution in [-0.2, 0) is 4.79 Å². The SMILES string of the molecule is CC.CN1C(=O)CSc2ccc(-n3c(-c4cc[nH]c4N)c(N)[nH]c3=O)cc21. The number of carbonyl (C=O) groups excluding carboxylic acids is 1. The molecule has 3 aromatic rings. The first-order valence-electron chi connectivity index (χ1n) is 8.55. The van der Waals surface area contributed by atoms with E-state index in [0.29, 0.717) is 28.5 Å². The van der Waals surface area contributed by atoms with Crippen molar-refractivity contribution in [3.63, 3.8) is 0 Å². The molecule has 0 radical (unpaired) electrons. The number of thioether (sulfide) groups is 1. The third-order valence-electron chi connectivity index (χ3n) is 4.24. The van der Waals surface area contributed by atoms with Crippen molar-refractivity contribution in [2.75, 3.05) is 29.2 Å². The number of aromatic nitrogens is 3. The number of hydrogen-bond donors (Lipinski definition) is 4. The van der Waals surface area contributed by atoms with Gasteiger partial charge in [0.1, 0.15) is 17.3 Å². The summed E-state index contributed by atoms with van der Waals surface area (Å²) in [4.78, 5) is 32.5. The fourth-order valence-corrected chi connectivity index (χ4v) is 3.93. The molecule has 1 aliphatic heterocycles. The molecule has 1 aliphatic rings. The van der Waals surface area contributed by atoms with Crippen molar-refractivity contribution in [3.05, 3.63) is 40.9 Å². The molecule has 1 amide bonds. The van der Waals surface area contributed by atoms with Gasteiger partial charge in [-0.25, -0.2) is 4.79 Å². The number of benzene rings is 1. The van der Waals surface area contributed by atoms with Crippen LogP contribution in [-0.4, -0.2) is 33.2 Å². The molecular weight excluding hydrogens is 364 g/mol. The molecule has 4 rings (SSSR count). The Labute approximate surface area is 160 Å². The van der Waals surface area contributed by atoms with Gasteiger partial charge in [-0.1, -0.05) is 13.8 Å². The molecule has 0 bridgehead atoms. The van der Waals surface area contributed by atoms with Crippen molar-refractivity contribution in [3.8, 4) is 16.9 Å². The van der Waals surface area contributed by atoms with Gasteiger partial charge in [0.25, 0.3) is 0 Å². The maximum atomic E-state index is 12.5. The monoisotopic (exact) mass is 386 g/mol. The van der Waals surface area contributed by atoms with E-state index in [-0.39, 0.29) is 17.4 Å². The highest BCUT2D eigenvalue weighted by Crippen LogP contribution is 2.37. The zero-order valence-electron chi connectivity index (χ0n) is 15.4. The zero-order valence-corrected chi connectivity index (χ0v) is 16.2. The fourth-order valence-electron chi connectivity index (χ4n) is 2.95. The molecule has 6 N–H and O–H groups in total. The van der Waals surface area contributed by atoms with Crippen molar-refractivity contribution >= 4 is 35.0 Å². The van der Waals surface area contributed by atoms with Gasteiger partial charge in [-0.2, -0.15) is 0 Å². The molecule has 0 saturated heterocycles. The smallest absolute Gasteiger partial charge is 0.332 e. The lowest BCUT2D eigenvalue weighted by Gasteiger charge is -2.25. The first kappa shape index (κ1) is 18.7. The Morgan fingerprint density at radius 2 is 1.85 bits per heavy atom. The Hall–Kier alpha value is -3.07. The molecule has 8 nitrogen and oxygen atoms in total. The van der Waals surface area contributed by atoms with E-state index in [0.717, 1.165) is 10.6 Å². The third kappa shape index (κ3) is 3.10. The number of rotatable bonds is 2. The van der Waals surface area contributed by atoms with Crippen molar-refractivity contribution in [1.82, 2.24) is 14.5 Å². The molecule has 2 aromatic heterocycles. The summed E-state index contributed by atoms with van der Waals surface area (Å²) in [7, 11) is 1.73. The molecule has 0 fully saturated rings. The molecule has 3 heterocycles. The predicted octanol–water partition coefficient (Wildman–Crippen LogP) is 2.42. The van der Waals surface area contributed by atoms with Crippen LogP contribution in [0.3, 0.4) is 0 Å². The third-order valence-corrected chi connectivity index (χ3v) is 5.29. The lowest BCUT2D eigenvalue weighted by Crippen LogP contribution is -2.31. The van der Waals surface area contributed by atoms with Gasteiger partial charge in [0, 0.05) is 23.7 Å². The lowest BCUT2D eigenvalue weighted by molar-refractivity contribution is -0.116. The van der Waals surface area contributed by atoms with Crippen LogP contribution in [0, 0.1) is 0 Å². The second kappa shape index (κ2) is 7.28. The number of hydrogen-bond acceptors (Lipinski definition) is 5. The summed E-state index contributed by atoms with van der Waals surface area (Å²) in [6.07, 6.45) is 1.68. The molecule has 0 unspecified atom stereocenters. The number of amides is 1. The molecule has 27 heavy (non-hydrogen) atoms. The van der Waals surface area contributed by atoms with Crippen LogP contribution < -0.4 is 22.1 Å². The Bertz CT molecular complexity index is 1050. The zero-order chi connectivity index (χ0) is 19.7. The first-order valence-corrected chi connectivity index (χ1v) is 9.53. The highest BCUT2D eigenvalue weighted by Gasteiger charge is 2.24. The number of nitrogens with two attached hydrogens (primary N) is 2. The highest BCUT2D eigenvalue weighted by atomic mass is 32.2. The predicted molar refractivity (Wildman–Crippen MR) is 110 cm³/mol. The number of carbonyl (C=O) groups is 1. The average molecular weight is 386 g/mol. The van der Waals surface area contributed by atoms with Crippen molar-refractivity contribution in [2.45, 2.75) is 18.7 Å². The van der Waals surface area contributed by atoms with Crippen LogP contribution in [0.25, 0.3) is 16.9 Å². The van der Waals surface area contributed by atoms with Gasteiger partial charge in [0.05, 0.1) is 17.1 Å². The summed E-state index contributed by atoms with van der Waals surface area (Å²) in [5, 5.41) is 0. The van der Waals surface area contributed by atoms with Crippen molar-refractivity contribution in [1.29, 1.82) is 0 Å². The first-order chi connectivity index (χ1) is 13.0. The van der Waals surface area contributed by atoms with E-state index in [1.54, 1.807) is 30.3 Å². The number of nitrogens with one attached hydrogen (secondary N) is 2. The minimum atomic E-state index is -0.370. The van der Waals surface area contributed by atoms with E-state index in [1.807, 2.05) is 26.0 Å². The molecule has 0 atom stereocenters. The summed E-state index contributed by atoms with van der Waals surface area (Å²) >= 11 is 1.48. The number of nitrogen functional groups attached to an aromatic ring is 2. The molecule has 1 aromatic carbocycles. The van der Waals surface area contributed by atoms with E-state index >= 15 is 0 Å². The van der Waals surface area contributed by atoms with Crippen LogP contribution in [0.2, 0.25) is 0 Å². The van der Waals surface area contributed by atoms with E-state index in [2.05, 4.69) is 9.97 Å². The number of imidazole rings is 1. The molecular formula is C18H22N6O2S. The highest BCUT2D eigenvalue weighted by molar-refractivity contribution is 8.00. The van der Waals surface area contributed by atoms with E-state index in [9.17, 15) is 9.59 Å². The summed E-state index contributed by atoms with van der Waals surface area (Å²) in [6.45, 7) is 4.00. The second-order valence-corrected chi connectivity index (χ2v) is 6.74. The summed E-state index contributed by atoms with van der Waals surface area (Å²) in [5.74, 6) is 1.07. The number of nitrogens with zero attached hydrogens (tertiary/aromatic N) is 2. The number of fused-ring (bicyclic) bond motifs is 1. The van der Waals surface area contributed by atoms with Gasteiger partial charge < -0.3 is 21.4 Å². The van der Waals surface area contributed by atoms with Gasteiger partial charge >= 0.3 is 5.69 Å². The lowest BCUT2D eigenvalue weighted by atomic mass is 10.2. The quantitative estimate of drug-likeness (QED) is 0.538. The van der Waals surface area contributed by atoms with Crippen LogP contribution >= 0.6 is 11.8 Å². The van der Waals surface area contributed by atoms with E-state index in [1.165, 1.54) is 16.3 Å². The maximum Gasteiger partial charge on any atom is 0.332 e. The molecule has 0 aliphatic carbocycles. The van der Waals surface area contributed by atoms with Gasteiger partial charge in [-0.15, -0.1) is 11.8 Å². The molecule has 0 spiro atoms. The largest absolute Gasteiger partial charge is 0.385 e. The topological polar surface area (TPSA) is 126 Å². The van der Waals surface area contributed by atoms with Crippen LogP contribution in [0.4, 0.5) is 17.3 Å². The van der Waals surface area contributed by atoms with Gasteiger partial charge in [-0.3, -0.25) is 14.3 Å². The Balaban J connectivity index is 0.00000102. The number of aromatic amines is 2. The number of anilines is 3. The Morgan fingerprint density at radius 3 is 2.52 bits per heavy atom. The number of H-pyrrole nitrogens is 2. The Morgan fingerprint density at radius 1 is 1.11 bits per heavy atom. The van der Waals surface area contributed by atoms with Gasteiger partial charge in [0.2, 0.25) is 5.91 Å².